The normalized spacial score (nSPS) is 22.6. The third-order valence-corrected chi connectivity index (χ3v) is 4.27. The van der Waals surface area contributed by atoms with E-state index in [9.17, 15) is 4.79 Å². The Bertz CT molecular complexity index is 282. The van der Waals surface area contributed by atoms with Crippen LogP contribution in [-0.2, 0) is 9.53 Å². The first-order valence-corrected chi connectivity index (χ1v) is 8.20. The number of nitrogens with zero attached hydrogens (tertiary/aromatic N) is 1. The van der Waals surface area contributed by atoms with Crippen molar-refractivity contribution in [2.45, 2.75) is 53.0 Å². The van der Waals surface area contributed by atoms with Gasteiger partial charge in [0.15, 0.2) is 0 Å². The minimum atomic E-state index is -0.185. The third-order valence-electron chi connectivity index (χ3n) is 4.27. The number of carbonyl (C=O) groups is 1. The number of likely N-dealkylation sites (N-methyl/N-ethyl adjacent to an activating group) is 1. The topological polar surface area (TPSA) is 41.6 Å². The maximum absolute atomic E-state index is 12.0. The van der Waals surface area contributed by atoms with Gasteiger partial charge < -0.3 is 15.0 Å². The van der Waals surface area contributed by atoms with Gasteiger partial charge in [0.25, 0.3) is 0 Å². The van der Waals surface area contributed by atoms with E-state index >= 15 is 0 Å². The lowest BCUT2D eigenvalue weighted by Gasteiger charge is -2.26. The Morgan fingerprint density at radius 1 is 1.30 bits per heavy atom. The lowest BCUT2D eigenvalue weighted by Crippen LogP contribution is -2.47. The summed E-state index contributed by atoms with van der Waals surface area (Å²) in [5.41, 5.74) is 0. The van der Waals surface area contributed by atoms with E-state index in [0.717, 1.165) is 38.0 Å². The van der Waals surface area contributed by atoms with Gasteiger partial charge in [-0.05, 0) is 57.7 Å². The second-order valence-corrected chi connectivity index (χ2v) is 6.10. The van der Waals surface area contributed by atoms with E-state index in [4.69, 9.17) is 4.74 Å². The highest BCUT2D eigenvalue weighted by molar-refractivity contribution is 5.76. The Labute approximate surface area is 124 Å². The number of likely N-dealkylation sites (tertiary alicyclic amines) is 1. The van der Waals surface area contributed by atoms with Crippen molar-refractivity contribution < 1.29 is 9.53 Å². The highest BCUT2D eigenvalue weighted by atomic mass is 16.5. The van der Waals surface area contributed by atoms with E-state index in [1.807, 2.05) is 13.8 Å². The largest absolute Gasteiger partial charge is 0.465 e. The number of ether oxygens (including phenoxy) is 1. The molecule has 1 N–H and O–H groups in total. The van der Waals surface area contributed by atoms with Crippen LogP contribution >= 0.6 is 0 Å². The quantitative estimate of drug-likeness (QED) is 0.728. The maximum Gasteiger partial charge on any atom is 0.324 e. The van der Waals surface area contributed by atoms with Crippen molar-refractivity contribution in [1.82, 2.24) is 10.2 Å². The summed E-state index contributed by atoms with van der Waals surface area (Å²) < 4.78 is 5.16. The molecule has 4 nitrogen and oxygen atoms in total. The van der Waals surface area contributed by atoms with E-state index in [2.05, 4.69) is 24.1 Å². The van der Waals surface area contributed by atoms with E-state index < -0.39 is 0 Å². The molecule has 1 fully saturated rings. The smallest absolute Gasteiger partial charge is 0.324 e. The minimum Gasteiger partial charge on any atom is -0.465 e. The molecule has 0 aliphatic carbocycles. The van der Waals surface area contributed by atoms with Crippen LogP contribution in [0.25, 0.3) is 0 Å². The zero-order chi connectivity index (χ0) is 15.0. The number of hydrogen-bond donors (Lipinski definition) is 1. The van der Waals surface area contributed by atoms with E-state index in [-0.39, 0.29) is 12.0 Å². The number of nitrogens with one attached hydrogen (secondary N) is 1. The van der Waals surface area contributed by atoms with Gasteiger partial charge in [-0.1, -0.05) is 20.8 Å². The molecule has 20 heavy (non-hydrogen) atoms. The van der Waals surface area contributed by atoms with Gasteiger partial charge in [0.2, 0.25) is 0 Å². The van der Waals surface area contributed by atoms with Crippen LogP contribution in [-0.4, -0.2) is 49.7 Å². The molecule has 0 radical (unpaired) electrons. The fraction of sp³-hybridized carbons (Fsp3) is 0.938. The van der Waals surface area contributed by atoms with Gasteiger partial charge in [-0.2, -0.15) is 0 Å². The number of carbonyl (C=O) groups excluding carboxylic acids is 1. The highest BCUT2D eigenvalue weighted by Gasteiger charge is 2.25. The van der Waals surface area contributed by atoms with E-state index in [1.165, 1.54) is 19.3 Å². The van der Waals surface area contributed by atoms with Gasteiger partial charge in [0, 0.05) is 6.54 Å². The summed E-state index contributed by atoms with van der Waals surface area (Å²) in [4.78, 5) is 14.4. The van der Waals surface area contributed by atoms with Crippen LogP contribution in [0.2, 0.25) is 0 Å². The van der Waals surface area contributed by atoms with Crippen molar-refractivity contribution in [3.8, 4) is 0 Å². The first kappa shape index (κ1) is 17.4. The molecule has 4 heteroatoms. The average molecular weight is 284 g/mol. The highest BCUT2D eigenvalue weighted by Crippen LogP contribution is 2.24. The number of hydrogen-bond acceptors (Lipinski definition) is 4. The Morgan fingerprint density at radius 3 is 2.65 bits per heavy atom. The third kappa shape index (κ3) is 5.80. The van der Waals surface area contributed by atoms with Gasteiger partial charge in [0.1, 0.15) is 6.04 Å². The maximum atomic E-state index is 12.0. The Morgan fingerprint density at radius 2 is 2.05 bits per heavy atom. The summed E-state index contributed by atoms with van der Waals surface area (Å²) in [6.45, 7) is 12.8. The first-order chi connectivity index (χ1) is 9.58. The van der Waals surface area contributed by atoms with Crippen LogP contribution in [0, 0.1) is 11.8 Å². The lowest BCUT2D eigenvalue weighted by atomic mass is 9.89. The van der Waals surface area contributed by atoms with Crippen LogP contribution in [0.1, 0.15) is 47.0 Å². The Hall–Kier alpha value is -0.610. The standard InChI is InChI=1S/C16H32N2O2/c1-5-17-15(16(19)20-6-2)12-18-10-7-8-14(9-11-18)13(3)4/h13-15,17H,5-12H2,1-4H3. The van der Waals surface area contributed by atoms with Gasteiger partial charge in [-0.3, -0.25) is 4.79 Å². The summed E-state index contributed by atoms with van der Waals surface area (Å²) in [5.74, 6) is 1.49. The molecular formula is C16H32N2O2. The fourth-order valence-electron chi connectivity index (χ4n) is 3.00. The van der Waals surface area contributed by atoms with Gasteiger partial charge in [-0.15, -0.1) is 0 Å². The van der Waals surface area contributed by atoms with Crippen molar-refractivity contribution in [2.24, 2.45) is 11.8 Å². The van der Waals surface area contributed by atoms with Crippen LogP contribution in [0.4, 0.5) is 0 Å². The van der Waals surface area contributed by atoms with Crippen molar-refractivity contribution in [3.05, 3.63) is 0 Å². The first-order valence-electron chi connectivity index (χ1n) is 8.20. The summed E-state index contributed by atoms with van der Waals surface area (Å²) >= 11 is 0. The second-order valence-electron chi connectivity index (χ2n) is 6.10. The predicted molar refractivity (Wildman–Crippen MR) is 82.7 cm³/mol. The zero-order valence-corrected chi connectivity index (χ0v) is 13.7. The van der Waals surface area contributed by atoms with Crippen LogP contribution in [0.3, 0.4) is 0 Å². The summed E-state index contributed by atoms with van der Waals surface area (Å²) in [6.07, 6.45) is 3.81. The van der Waals surface area contributed by atoms with Gasteiger partial charge in [0.05, 0.1) is 6.61 Å². The van der Waals surface area contributed by atoms with Crippen LogP contribution in [0.5, 0.6) is 0 Å². The molecule has 0 aromatic rings. The molecule has 0 amide bonds. The fourth-order valence-corrected chi connectivity index (χ4v) is 3.00. The molecule has 1 rings (SSSR count). The number of esters is 1. The summed E-state index contributed by atoms with van der Waals surface area (Å²) in [6, 6.07) is -0.185. The molecule has 0 aromatic carbocycles. The summed E-state index contributed by atoms with van der Waals surface area (Å²) in [7, 11) is 0. The molecular weight excluding hydrogens is 252 g/mol. The molecule has 0 saturated carbocycles. The van der Waals surface area contributed by atoms with Crippen molar-refractivity contribution >= 4 is 5.97 Å². The van der Waals surface area contributed by atoms with Crippen LogP contribution in [0.15, 0.2) is 0 Å². The molecule has 0 bridgehead atoms. The lowest BCUT2D eigenvalue weighted by molar-refractivity contribution is -0.146. The van der Waals surface area contributed by atoms with E-state index in [1.54, 1.807) is 0 Å². The van der Waals surface area contributed by atoms with Crippen molar-refractivity contribution in [2.75, 3.05) is 32.8 Å². The molecule has 1 aliphatic heterocycles. The van der Waals surface area contributed by atoms with Gasteiger partial charge in [-0.25, -0.2) is 0 Å². The predicted octanol–water partition coefficient (Wildman–Crippen LogP) is 2.29. The Kier molecular flexibility index (Phi) is 8.15. The second kappa shape index (κ2) is 9.35. The monoisotopic (exact) mass is 284 g/mol. The molecule has 2 unspecified atom stereocenters. The van der Waals surface area contributed by atoms with Crippen molar-refractivity contribution in [1.29, 1.82) is 0 Å². The van der Waals surface area contributed by atoms with Gasteiger partial charge >= 0.3 is 5.97 Å². The Balaban J connectivity index is 2.49. The minimum absolute atomic E-state index is 0.112. The molecule has 1 aliphatic rings. The molecule has 118 valence electrons. The molecule has 1 saturated heterocycles. The molecule has 0 aromatic heterocycles. The number of rotatable bonds is 7. The molecule has 0 spiro atoms. The molecule has 1 heterocycles. The van der Waals surface area contributed by atoms with Crippen molar-refractivity contribution in [3.63, 3.8) is 0 Å². The van der Waals surface area contributed by atoms with E-state index in [0.29, 0.717) is 6.61 Å². The zero-order valence-electron chi connectivity index (χ0n) is 13.7. The summed E-state index contributed by atoms with van der Waals surface area (Å²) in [5, 5.41) is 3.25. The average Bonchev–Trinajstić information content (AvgIpc) is 2.64. The van der Waals surface area contributed by atoms with Crippen LogP contribution < -0.4 is 5.32 Å². The SMILES string of the molecule is CCNC(CN1CCCC(C(C)C)CC1)C(=O)OCC. The molecule has 2 atom stereocenters.